The summed E-state index contributed by atoms with van der Waals surface area (Å²) in [5.41, 5.74) is 0.460. The van der Waals surface area contributed by atoms with Gasteiger partial charge in [-0.2, -0.15) is 4.99 Å². The second kappa shape index (κ2) is 9.01. The molecule has 0 N–H and O–H groups in total. The van der Waals surface area contributed by atoms with E-state index >= 15 is 0 Å². The van der Waals surface area contributed by atoms with Crippen molar-refractivity contribution in [1.82, 2.24) is 4.57 Å². The number of halogens is 1. The lowest BCUT2D eigenvalue weighted by Gasteiger charge is -2.03. The minimum Gasteiger partial charge on any atom is -0.497 e. The highest BCUT2D eigenvalue weighted by Gasteiger charge is 2.11. The molecule has 0 aliphatic carbocycles. The van der Waals surface area contributed by atoms with Crippen molar-refractivity contribution in [3.63, 3.8) is 0 Å². The van der Waals surface area contributed by atoms with E-state index in [-0.39, 0.29) is 11.7 Å². The van der Waals surface area contributed by atoms with Crippen molar-refractivity contribution in [1.29, 1.82) is 0 Å². The monoisotopic (exact) mass is 402 g/mol. The number of ether oxygens (including phenoxy) is 1. The first-order valence-electron chi connectivity index (χ1n) is 8.35. The third-order valence-electron chi connectivity index (χ3n) is 3.83. The van der Waals surface area contributed by atoms with Gasteiger partial charge in [0.05, 0.1) is 17.3 Å². The van der Waals surface area contributed by atoms with Crippen LogP contribution in [0.4, 0.5) is 4.39 Å². The van der Waals surface area contributed by atoms with Crippen LogP contribution in [0.5, 0.6) is 5.75 Å². The second-order valence-corrected chi connectivity index (χ2v) is 7.83. The standard InChI is InChI=1S/C20H19FN2O2S2/c1-3-12-23-19-16(21)5-4-6-17(19)27-20(23)22-18(24)11-13-26-15-9-7-14(25-2)8-10-15/h3-10H,1,11-13H2,2H3. The maximum Gasteiger partial charge on any atom is 0.249 e. The van der Waals surface area contributed by atoms with Crippen LogP contribution in [-0.2, 0) is 11.3 Å². The van der Waals surface area contributed by atoms with E-state index in [1.54, 1.807) is 35.6 Å². The predicted octanol–water partition coefficient (Wildman–Crippen LogP) is 4.65. The molecule has 0 fully saturated rings. The highest BCUT2D eigenvalue weighted by molar-refractivity contribution is 7.99. The van der Waals surface area contributed by atoms with Crippen LogP contribution < -0.4 is 9.54 Å². The van der Waals surface area contributed by atoms with Gasteiger partial charge in [0.2, 0.25) is 5.91 Å². The summed E-state index contributed by atoms with van der Waals surface area (Å²) in [4.78, 5) is 18.1. The maximum absolute atomic E-state index is 14.2. The number of carbonyl (C=O) groups is 1. The van der Waals surface area contributed by atoms with Crippen LogP contribution in [0.2, 0.25) is 0 Å². The van der Waals surface area contributed by atoms with Gasteiger partial charge < -0.3 is 9.30 Å². The number of aromatic nitrogens is 1. The molecule has 27 heavy (non-hydrogen) atoms. The topological polar surface area (TPSA) is 43.6 Å². The first-order chi connectivity index (χ1) is 13.1. The van der Waals surface area contributed by atoms with Crippen molar-refractivity contribution in [2.75, 3.05) is 12.9 Å². The zero-order valence-electron chi connectivity index (χ0n) is 14.9. The van der Waals surface area contributed by atoms with Gasteiger partial charge in [-0.1, -0.05) is 23.5 Å². The normalized spacial score (nSPS) is 11.7. The van der Waals surface area contributed by atoms with Gasteiger partial charge in [0.25, 0.3) is 0 Å². The lowest BCUT2D eigenvalue weighted by molar-refractivity contribution is -0.117. The highest BCUT2D eigenvalue weighted by Crippen LogP contribution is 2.22. The molecule has 0 atom stereocenters. The number of thioether (sulfide) groups is 1. The minimum absolute atomic E-state index is 0.221. The molecule has 1 heterocycles. The predicted molar refractivity (Wildman–Crippen MR) is 109 cm³/mol. The molecule has 2 aromatic carbocycles. The van der Waals surface area contributed by atoms with Crippen molar-refractivity contribution < 1.29 is 13.9 Å². The Labute approximate surface area is 165 Å². The Morgan fingerprint density at radius 1 is 1.33 bits per heavy atom. The molecule has 7 heteroatoms. The van der Waals surface area contributed by atoms with Crippen LogP contribution in [0.1, 0.15) is 6.42 Å². The van der Waals surface area contributed by atoms with Gasteiger partial charge in [-0.25, -0.2) is 4.39 Å². The fourth-order valence-corrected chi connectivity index (χ4v) is 4.47. The number of hydrogen-bond acceptors (Lipinski definition) is 4. The Bertz CT molecular complexity index is 1020. The average molecular weight is 403 g/mol. The first kappa shape index (κ1) is 19.4. The van der Waals surface area contributed by atoms with Gasteiger partial charge in [-0.3, -0.25) is 4.79 Å². The van der Waals surface area contributed by atoms with Crippen molar-refractivity contribution in [3.8, 4) is 5.75 Å². The Balaban J connectivity index is 1.73. The van der Waals surface area contributed by atoms with E-state index in [2.05, 4.69) is 11.6 Å². The van der Waals surface area contributed by atoms with Gasteiger partial charge in [-0.15, -0.1) is 18.3 Å². The zero-order chi connectivity index (χ0) is 19.2. The molecule has 0 aliphatic heterocycles. The van der Waals surface area contributed by atoms with Crippen molar-refractivity contribution in [2.24, 2.45) is 4.99 Å². The molecule has 3 aromatic rings. The van der Waals surface area contributed by atoms with Crippen LogP contribution in [0.15, 0.2) is 65.0 Å². The molecule has 0 spiro atoms. The summed E-state index contributed by atoms with van der Waals surface area (Å²) >= 11 is 2.89. The number of para-hydroxylation sites is 1. The van der Waals surface area contributed by atoms with Gasteiger partial charge in [0.15, 0.2) is 4.80 Å². The quantitative estimate of drug-likeness (QED) is 0.427. The van der Waals surface area contributed by atoms with Gasteiger partial charge in [0.1, 0.15) is 11.6 Å². The summed E-state index contributed by atoms with van der Waals surface area (Å²) in [6.07, 6.45) is 1.98. The van der Waals surface area contributed by atoms with Crippen molar-refractivity contribution in [3.05, 3.63) is 65.7 Å². The van der Waals surface area contributed by atoms with E-state index in [9.17, 15) is 9.18 Å². The molecule has 0 radical (unpaired) electrons. The third-order valence-corrected chi connectivity index (χ3v) is 5.89. The molecule has 1 amide bonds. The molecular weight excluding hydrogens is 383 g/mol. The molecule has 140 valence electrons. The number of nitrogens with zero attached hydrogens (tertiary/aromatic N) is 2. The van der Waals surface area contributed by atoms with E-state index < -0.39 is 0 Å². The van der Waals surface area contributed by atoms with Gasteiger partial charge in [0, 0.05) is 23.6 Å². The fraction of sp³-hybridized carbons (Fsp3) is 0.200. The zero-order valence-corrected chi connectivity index (χ0v) is 16.5. The average Bonchev–Trinajstić information content (AvgIpc) is 3.01. The summed E-state index contributed by atoms with van der Waals surface area (Å²) in [5, 5.41) is 0. The number of allylic oxidation sites excluding steroid dienone is 1. The van der Waals surface area contributed by atoms with Crippen LogP contribution >= 0.6 is 23.1 Å². The van der Waals surface area contributed by atoms with Crippen molar-refractivity contribution in [2.45, 2.75) is 17.9 Å². The SMILES string of the molecule is C=CCn1c(=NC(=O)CCSc2ccc(OC)cc2)sc2cccc(F)c21. The molecule has 0 saturated carbocycles. The molecule has 0 bridgehead atoms. The van der Waals surface area contributed by atoms with Crippen LogP contribution in [-0.4, -0.2) is 23.3 Å². The number of fused-ring (bicyclic) bond motifs is 1. The third kappa shape index (κ3) is 4.67. The molecule has 0 saturated heterocycles. The number of rotatable bonds is 7. The lowest BCUT2D eigenvalue weighted by atomic mass is 10.3. The van der Waals surface area contributed by atoms with Crippen molar-refractivity contribution >= 4 is 39.2 Å². The number of carbonyl (C=O) groups excluding carboxylic acids is 1. The summed E-state index contributed by atoms with van der Waals surface area (Å²) in [5.74, 6) is 0.875. The number of hydrogen-bond donors (Lipinski definition) is 0. The second-order valence-electron chi connectivity index (χ2n) is 5.65. The smallest absolute Gasteiger partial charge is 0.249 e. The van der Waals surface area contributed by atoms with Crippen LogP contribution in [0.3, 0.4) is 0 Å². The largest absolute Gasteiger partial charge is 0.497 e. The number of thiazole rings is 1. The van der Waals surface area contributed by atoms with Gasteiger partial charge >= 0.3 is 0 Å². The van der Waals surface area contributed by atoms with E-state index in [1.807, 2.05) is 30.3 Å². The van der Waals surface area contributed by atoms with E-state index in [0.717, 1.165) is 15.3 Å². The first-order valence-corrected chi connectivity index (χ1v) is 10.2. The van der Waals surface area contributed by atoms with Crippen LogP contribution in [0.25, 0.3) is 10.2 Å². The Hall–Kier alpha value is -2.38. The molecule has 4 nitrogen and oxygen atoms in total. The molecule has 3 rings (SSSR count). The summed E-state index contributed by atoms with van der Waals surface area (Å²) < 4.78 is 21.8. The highest BCUT2D eigenvalue weighted by atomic mass is 32.2. The molecule has 0 unspecified atom stereocenters. The molecule has 1 aromatic heterocycles. The summed E-state index contributed by atoms with van der Waals surface area (Å²) in [6.45, 7) is 4.11. The number of amides is 1. The number of benzene rings is 2. The summed E-state index contributed by atoms with van der Waals surface area (Å²) in [7, 11) is 1.63. The lowest BCUT2D eigenvalue weighted by Crippen LogP contribution is -2.16. The Kier molecular flexibility index (Phi) is 6.47. The maximum atomic E-state index is 14.2. The Morgan fingerprint density at radius 2 is 2.11 bits per heavy atom. The molecule has 0 aliphatic rings. The minimum atomic E-state index is -0.324. The summed E-state index contributed by atoms with van der Waals surface area (Å²) in [6, 6.07) is 12.6. The molecular formula is C20H19FN2O2S2. The van der Waals surface area contributed by atoms with E-state index in [1.165, 1.54) is 17.4 Å². The van der Waals surface area contributed by atoms with E-state index in [4.69, 9.17) is 4.74 Å². The van der Waals surface area contributed by atoms with E-state index in [0.29, 0.717) is 29.0 Å². The number of methoxy groups -OCH3 is 1. The van der Waals surface area contributed by atoms with Gasteiger partial charge in [-0.05, 0) is 36.4 Å². The fourth-order valence-electron chi connectivity index (χ4n) is 2.56. The Morgan fingerprint density at radius 3 is 2.81 bits per heavy atom. The van der Waals surface area contributed by atoms with Crippen LogP contribution in [0, 0.1) is 5.82 Å².